The van der Waals surface area contributed by atoms with Gasteiger partial charge in [-0.25, -0.2) is 0 Å². The van der Waals surface area contributed by atoms with Crippen LogP contribution < -0.4 is 0 Å². The molecule has 1 saturated heterocycles. The van der Waals surface area contributed by atoms with Gasteiger partial charge >= 0.3 is 0 Å². The molecule has 108 valence electrons. The summed E-state index contributed by atoms with van der Waals surface area (Å²) < 4.78 is 0. The van der Waals surface area contributed by atoms with Crippen LogP contribution in [0.3, 0.4) is 0 Å². The molecule has 2 aromatic carbocycles. The fourth-order valence-electron chi connectivity index (χ4n) is 4.50. The molecule has 0 bridgehead atoms. The van der Waals surface area contributed by atoms with Crippen molar-refractivity contribution in [1.29, 1.82) is 0 Å². The maximum atomic E-state index is 2.62. The third kappa shape index (κ3) is 2.11. The number of piperidine rings is 1. The van der Waals surface area contributed by atoms with Gasteiger partial charge in [-0.1, -0.05) is 61.5 Å². The molecule has 2 aliphatic rings. The SMILES string of the molecule is CCN1CC[C@H]2[C@@H](c3ccccc3)c3ccccc3[C@H]2C1. The van der Waals surface area contributed by atoms with Gasteiger partial charge in [0.1, 0.15) is 0 Å². The van der Waals surface area contributed by atoms with Gasteiger partial charge < -0.3 is 4.90 Å². The van der Waals surface area contributed by atoms with E-state index in [0.717, 1.165) is 11.8 Å². The van der Waals surface area contributed by atoms with Gasteiger partial charge in [0.05, 0.1) is 0 Å². The van der Waals surface area contributed by atoms with Crippen molar-refractivity contribution in [3.05, 3.63) is 71.3 Å². The predicted molar refractivity (Wildman–Crippen MR) is 87.7 cm³/mol. The van der Waals surface area contributed by atoms with Crippen LogP contribution in [0.25, 0.3) is 0 Å². The second-order valence-electron chi connectivity index (χ2n) is 6.47. The van der Waals surface area contributed by atoms with E-state index in [2.05, 4.69) is 66.4 Å². The Morgan fingerprint density at radius 1 is 0.952 bits per heavy atom. The molecular weight excluding hydrogens is 254 g/mol. The van der Waals surface area contributed by atoms with Crippen LogP contribution in [-0.2, 0) is 0 Å². The Kier molecular flexibility index (Phi) is 3.31. The second-order valence-corrected chi connectivity index (χ2v) is 6.47. The number of hydrogen-bond acceptors (Lipinski definition) is 1. The Bertz CT molecular complexity index is 619. The zero-order chi connectivity index (χ0) is 14.2. The molecule has 0 radical (unpaired) electrons. The van der Waals surface area contributed by atoms with Crippen LogP contribution in [0.1, 0.15) is 41.9 Å². The number of likely N-dealkylation sites (N-methyl/N-ethyl adjacent to an activating group) is 1. The molecule has 4 rings (SSSR count). The highest BCUT2D eigenvalue weighted by Crippen LogP contribution is 2.52. The van der Waals surface area contributed by atoms with Gasteiger partial charge in [0.2, 0.25) is 0 Å². The smallest absolute Gasteiger partial charge is 0.0127 e. The average molecular weight is 277 g/mol. The van der Waals surface area contributed by atoms with Crippen molar-refractivity contribution in [2.45, 2.75) is 25.2 Å². The molecule has 1 fully saturated rings. The van der Waals surface area contributed by atoms with Crippen LogP contribution in [0.4, 0.5) is 0 Å². The highest BCUT2D eigenvalue weighted by atomic mass is 15.1. The molecular formula is C20H23N. The molecule has 1 aliphatic heterocycles. The molecule has 3 atom stereocenters. The van der Waals surface area contributed by atoms with Gasteiger partial charge in [-0.3, -0.25) is 0 Å². The average Bonchev–Trinajstić information content (AvgIpc) is 2.89. The summed E-state index contributed by atoms with van der Waals surface area (Å²) in [6, 6.07) is 20.3. The normalized spacial score (nSPS) is 28.1. The van der Waals surface area contributed by atoms with Gasteiger partial charge in [-0.05, 0) is 42.1 Å². The maximum absolute atomic E-state index is 2.62. The van der Waals surface area contributed by atoms with Crippen molar-refractivity contribution in [1.82, 2.24) is 4.90 Å². The summed E-state index contributed by atoms with van der Waals surface area (Å²) in [5.74, 6) is 2.11. The minimum atomic E-state index is 0.603. The Morgan fingerprint density at radius 3 is 2.43 bits per heavy atom. The molecule has 1 heteroatoms. The van der Waals surface area contributed by atoms with Crippen LogP contribution in [0.2, 0.25) is 0 Å². The Balaban J connectivity index is 1.78. The number of nitrogens with zero attached hydrogens (tertiary/aromatic N) is 1. The summed E-state index contributed by atoms with van der Waals surface area (Å²) in [6.45, 7) is 5.97. The molecule has 0 amide bonds. The fourth-order valence-corrected chi connectivity index (χ4v) is 4.50. The Labute approximate surface area is 127 Å². The first-order valence-electron chi connectivity index (χ1n) is 8.24. The van der Waals surface area contributed by atoms with E-state index in [1.54, 1.807) is 11.1 Å². The number of benzene rings is 2. The van der Waals surface area contributed by atoms with E-state index in [9.17, 15) is 0 Å². The third-order valence-electron chi connectivity index (χ3n) is 5.51. The quantitative estimate of drug-likeness (QED) is 0.793. The molecule has 21 heavy (non-hydrogen) atoms. The van der Waals surface area contributed by atoms with Crippen LogP contribution in [-0.4, -0.2) is 24.5 Å². The van der Waals surface area contributed by atoms with Crippen molar-refractivity contribution in [2.75, 3.05) is 19.6 Å². The van der Waals surface area contributed by atoms with Gasteiger partial charge in [0.15, 0.2) is 0 Å². The molecule has 0 aromatic heterocycles. The summed E-state index contributed by atoms with van der Waals surface area (Å²) in [5, 5.41) is 0. The lowest BCUT2D eigenvalue weighted by molar-refractivity contribution is 0.167. The molecule has 0 spiro atoms. The summed E-state index contributed by atoms with van der Waals surface area (Å²) in [5.41, 5.74) is 4.69. The van der Waals surface area contributed by atoms with Crippen molar-refractivity contribution >= 4 is 0 Å². The lowest BCUT2D eigenvalue weighted by atomic mass is 9.78. The van der Waals surface area contributed by atoms with Gasteiger partial charge in [0, 0.05) is 18.4 Å². The highest BCUT2D eigenvalue weighted by Gasteiger charge is 2.43. The third-order valence-corrected chi connectivity index (χ3v) is 5.51. The highest BCUT2D eigenvalue weighted by molar-refractivity contribution is 5.46. The molecule has 1 nitrogen and oxygen atoms in total. The van der Waals surface area contributed by atoms with Crippen molar-refractivity contribution in [2.24, 2.45) is 5.92 Å². The zero-order valence-electron chi connectivity index (χ0n) is 12.7. The zero-order valence-corrected chi connectivity index (χ0v) is 12.7. The van der Waals surface area contributed by atoms with Crippen LogP contribution in [0, 0.1) is 5.92 Å². The Morgan fingerprint density at radius 2 is 1.67 bits per heavy atom. The number of likely N-dealkylation sites (tertiary alicyclic amines) is 1. The summed E-state index contributed by atoms with van der Waals surface area (Å²) >= 11 is 0. The van der Waals surface area contributed by atoms with E-state index in [0.29, 0.717) is 5.92 Å². The minimum absolute atomic E-state index is 0.603. The first-order valence-corrected chi connectivity index (χ1v) is 8.24. The van der Waals surface area contributed by atoms with Crippen LogP contribution in [0.5, 0.6) is 0 Å². The molecule has 0 N–H and O–H groups in total. The second kappa shape index (κ2) is 5.31. The molecule has 0 saturated carbocycles. The Hall–Kier alpha value is -1.60. The summed E-state index contributed by atoms with van der Waals surface area (Å²) in [7, 11) is 0. The first-order chi connectivity index (χ1) is 10.4. The van der Waals surface area contributed by atoms with Gasteiger partial charge in [-0.2, -0.15) is 0 Å². The van der Waals surface area contributed by atoms with Crippen molar-refractivity contribution in [3.63, 3.8) is 0 Å². The van der Waals surface area contributed by atoms with Crippen LogP contribution >= 0.6 is 0 Å². The molecule has 0 unspecified atom stereocenters. The molecule has 1 heterocycles. The minimum Gasteiger partial charge on any atom is -0.303 e. The fraction of sp³-hybridized carbons (Fsp3) is 0.400. The topological polar surface area (TPSA) is 3.24 Å². The van der Waals surface area contributed by atoms with E-state index in [-0.39, 0.29) is 0 Å². The standard InChI is InChI=1S/C20H23N/c1-2-21-13-12-18-19(14-21)16-10-6-7-11-17(16)20(18)15-8-4-3-5-9-15/h3-11,18-20H,2,12-14H2,1H3/t18-,19-,20+/m1/s1. The lowest BCUT2D eigenvalue weighted by Crippen LogP contribution is -2.38. The van der Waals surface area contributed by atoms with E-state index in [4.69, 9.17) is 0 Å². The molecule has 2 aromatic rings. The predicted octanol–water partition coefficient (Wildman–Crippen LogP) is 4.26. The van der Waals surface area contributed by atoms with Crippen molar-refractivity contribution < 1.29 is 0 Å². The van der Waals surface area contributed by atoms with E-state index in [1.807, 2.05) is 0 Å². The van der Waals surface area contributed by atoms with Gasteiger partial charge in [-0.15, -0.1) is 0 Å². The number of hydrogen-bond donors (Lipinski definition) is 0. The summed E-state index contributed by atoms with van der Waals surface area (Å²) in [6.07, 6.45) is 1.33. The lowest BCUT2D eigenvalue weighted by Gasteiger charge is -2.37. The number of rotatable bonds is 2. The maximum Gasteiger partial charge on any atom is 0.0127 e. The molecule has 1 aliphatic carbocycles. The monoisotopic (exact) mass is 277 g/mol. The number of fused-ring (bicyclic) bond motifs is 3. The van der Waals surface area contributed by atoms with Crippen LogP contribution in [0.15, 0.2) is 54.6 Å². The van der Waals surface area contributed by atoms with E-state index < -0.39 is 0 Å². The van der Waals surface area contributed by atoms with E-state index in [1.165, 1.54) is 31.6 Å². The summed E-state index contributed by atoms with van der Waals surface area (Å²) in [4.78, 5) is 2.62. The largest absolute Gasteiger partial charge is 0.303 e. The van der Waals surface area contributed by atoms with Gasteiger partial charge in [0.25, 0.3) is 0 Å². The van der Waals surface area contributed by atoms with E-state index >= 15 is 0 Å². The van der Waals surface area contributed by atoms with Crippen molar-refractivity contribution in [3.8, 4) is 0 Å². The first kappa shape index (κ1) is 13.1.